The Morgan fingerprint density at radius 2 is 1.71 bits per heavy atom. The largest absolute Gasteiger partial charge is 0.465 e. The number of pyridine rings is 1. The molecule has 8 heteroatoms. The van der Waals surface area contributed by atoms with Crippen molar-refractivity contribution in [1.82, 2.24) is 4.40 Å². The minimum Gasteiger partial charge on any atom is -0.465 e. The zero-order valence-corrected chi connectivity index (χ0v) is 19.2. The Balaban J connectivity index is 2.12. The average molecular weight is 460 g/mol. The van der Waals surface area contributed by atoms with Crippen LogP contribution in [0.3, 0.4) is 0 Å². The highest BCUT2D eigenvalue weighted by atomic mass is 16.5. The number of benzene rings is 1. The van der Waals surface area contributed by atoms with Gasteiger partial charge in [-0.2, -0.15) is 0 Å². The van der Waals surface area contributed by atoms with Crippen LogP contribution in [0, 0.1) is 6.92 Å². The number of nitrogens with zero attached hydrogens (tertiary/aromatic N) is 1. The molecule has 8 nitrogen and oxygen atoms in total. The van der Waals surface area contributed by atoms with Crippen molar-refractivity contribution in [2.24, 2.45) is 0 Å². The van der Waals surface area contributed by atoms with Crippen LogP contribution in [-0.2, 0) is 9.47 Å². The zero-order valence-electron chi connectivity index (χ0n) is 19.2. The van der Waals surface area contributed by atoms with Gasteiger partial charge in [-0.15, -0.1) is 0 Å². The van der Waals surface area contributed by atoms with Gasteiger partial charge >= 0.3 is 11.9 Å². The number of furan rings is 1. The van der Waals surface area contributed by atoms with Gasteiger partial charge in [0.1, 0.15) is 11.6 Å². The lowest BCUT2D eigenvalue weighted by Gasteiger charge is -2.19. The van der Waals surface area contributed by atoms with Gasteiger partial charge in [0.25, 0.3) is 0 Å². The maximum absolute atomic E-state index is 13.3. The number of anilines is 1. The summed E-state index contributed by atoms with van der Waals surface area (Å²) in [7, 11) is 1.24. The second kappa shape index (κ2) is 8.90. The molecule has 0 aliphatic heterocycles. The van der Waals surface area contributed by atoms with Crippen molar-refractivity contribution < 1.29 is 28.3 Å². The number of carbonyl (C=O) groups excluding carboxylic acids is 3. The van der Waals surface area contributed by atoms with Crippen molar-refractivity contribution in [1.29, 1.82) is 0 Å². The highest BCUT2D eigenvalue weighted by Gasteiger charge is 2.32. The number of ether oxygens (including phenoxy) is 2. The molecule has 174 valence electrons. The van der Waals surface area contributed by atoms with Crippen molar-refractivity contribution in [3.8, 4) is 11.3 Å². The monoisotopic (exact) mass is 460 g/mol. The molecule has 2 N–H and O–H groups in total. The lowest BCUT2D eigenvalue weighted by Crippen LogP contribution is -2.19. The molecule has 34 heavy (non-hydrogen) atoms. The van der Waals surface area contributed by atoms with Gasteiger partial charge in [-0.3, -0.25) is 9.20 Å². The topological polar surface area (TPSA) is 113 Å². The summed E-state index contributed by atoms with van der Waals surface area (Å²) in [5, 5.41) is 0. The predicted octanol–water partition coefficient (Wildman–Crippen LogP) is 4.67. The molecule has 4 rings (SSSR count). The maximum atomic E-state index is 13.3. The van der Waals surface area contributed by atoms with Crippen molar-refractivity contribution >= 4 is 29.1 Å². The number of nitrogens with two attached hydrogens (primary N) is 1. The molecule has 4 aromatic rings. The molecular weight excluding hydrogens is 436 g/mol. The van der Waals surface area contributed by atoms with E-state index in [-0.39, 0.29) is 39.6 Å². The second-order valence-corrected chi connectivity index (χ2v) is 7.99. The van der Waals surface area contributed by atoms with Crippen LogP contribution in [0.5, 0.6) is 0 Å². The molecule has 0 atom stereocenters. The highest BCUT2D eigenvalue weighted by Crippen LogP contribution is 2.38. The fraction of sp³-hybridized carbons (Fsp3) is 0.192. The summed E-state index contributed by atoms with van der Waals surface area (Å²) in [6.07, 6.45) is 1.02. The first kappa shape index (κ1) is 22.8. The van der Waals surface area contributed by atoms with Gasteiger partial charge < -0.3 is 19.6 Å². The quantitative estimate of drug-likeness (QED) is 0.328. The molecule has 0 aliphatic carbocycles. The van der Waals surface area contributed by atoms with E-state index in [1.54, 1.807) is 63.2 Å². The smallest absolute Gasteiger partial charge is 0.340 e. The Bertz CT molecular complexity index is 1400. The van der Waals surface area contributed by atoms with Crippen LogP contribution in [0.15, 0.2) is 59.2 Å². The number of fused-ring (bicyclic) bond motifs is 1. The molecule has 0 saturated carbocycles. The zero-order chi connectivity index (χ0) is 24.6. The molecule has 3 heterocycles. The molecule has 0 fully saturated rings. The van der Waals surface area contributed by atoms with Crippen LogP contribution in [-0.4, -0.2) is 35.3 Å². The Morgan fingerprint density at radius 1 is 1.00 bits per heavy atom. The number of rotatable bonds is 6. The highest BCUT2D eigenvalue weighted by molar-refractivity contribution is 6.16. The Kier molecular flexibility index (Phi) is 5.98. The number of methoxy groups -OCH3 is 1. The van der Waals surface area contributed by atoms with Crippen LogP contribution >= 0.6 is 0 Å². The number of hydrogen-bond donors (Lipinski definition) is 1. The van der Waals surface area contributed by atoms with E-state index in [1.807, 2.05) is 0 Å². The molecule has 0 amide bonds. The minimum absolute atomic E-state index is 0.0394. The van der Waals surface area contributed by atoms with Crippen molar-refractivity contribution in [2.45, 2.75) is 26.9 Å². The molecule has 0 saturated heterocycles. The summed E-state index contributed by atoms with van der Waals surface area (Å²) in [4.78, 5) is 39.5. The third-order valence-electron chi connectivity index (χ3n) is 5.48. The van der Waals surface area contributed by atoms with Gasteiger partial charge in [-0.1, -0.05) is 30.3 Å². The first-order valence-electron chi connectivity index (χ1n) is 10.7. The van der Waals surface area contributed by atoms with Crippen LogP contribution in [0.25, 0.3) is 16.8 Å². The van der Waals surface area contributed by atoms with E-state index >= 15 is 0 Å². The fourth-order valence-electron chi connectivity index (χ4n) is 4.04. The summed E-state index contributed by atoms with van der Waals surface area (Å²) in [5.74, 6) is -1.32. The number of aryl methyl sites for hydroxylation is 1. The van der Waals surface area contributed by atoms with Crippen molar-refractivity contribution in [3.63, 3.8) is 0 Å². The van der Waals surface area contributed by atoms with E-state index in [9.17, 15) is 14.4 Å². The Morgan fingerprint density at radius 3 is 2.29 bits per heavy atom. The van der Waals surface area contributed by atoms with Crippen LogP contribution in [0.1, 0.15) is 56.2 Å². The van der Waals surface area contributed by atoms with Crippen LogP contribution < -0.4 is 5.73 Å². The van der Waals surface area contributed by atoms with E-state index in [0.29, 0.717) is 16.8 Å². The summed E-state index contributed by atoms with van der Waals surface area (Å²) < 4.78 is 17.6. The normalized spacial score (nSPS) is 11.1. The average Bonchev–Trinajstić information content (AvgIpc) is 3.46. The summed E-state index contributed by atoms with van der Waals surface area (Å²) in [5.41, 5.74) is 8.13. The summed E-state index contributed by atoms with van der Waals surface area (Å²) in [6, 6.07) is 13.5. The van der Waals surface area contributed by atoms with E-state index in [4.69, 9.17) is 19.6 Å². The van der Waals surface area contributed by atoms with Gasteiger partial charge in [0.15, 0.2) is 5.78 Å². The molecule has 0 bridgehead atoms. The Hall–Kier alpha value is -4.33. The third kappa shape index (κ3) is 3.73. The van der Waals surface area contributed by atoms with Gasteiger partial charge in [-0.05, 0) is 39.0 Å². The molecule has 0 radical (unpaired) electrons. The number of nitrogen functional groups attached to an aromatic ring is 1. The third-order valence-corrected chi connectivity index (χ3v) is 5.48. The fourth-order valence-corrected chi connectivity index (χ4v) is 4.04. The minimum atomic E-state index is -0.716. The van der Waals surface area contributed by atoms with Crippen molar-refractivity contribution in [3.05, 3.63) is 82.7 Å². The van der Waals surface area contributed by atoms with E-state index < -0.39 is 18.0 Å². The molecule has 3 aromatic heterocycles. The summed E-state index contributed by atoms with van der Waals surface area (Å²) in [6.45, 7) is 5.12. The van der Waals surface area contributed by atoms with E-state index in [2.05, 4.69) is 0 Å². The molecule has 0 spiro atoms. The van der Waals surface area contributed by atoms with Gasteiger partial charge in [0, 0.05) is 11.3 Å². The predicted molar refractivity (Wildman–Crippen MR) is 126 cm³/mol. The summed E-state index contributed by atoms with van der Waals surface area (Å²) >= 11 is 0. The number of esters is 2. The van der Waals surface area contributed by atoms with Crippen molar-refractivity contribution in [2.75, 3.05) is 12.8 Å². The lowest BCUT2D eigenvalue weighted by atomic mass is 9.96. The standard InChI is InChI=1S/C26H24N2O6/c1-14(2)34-26(31)20-15(3)28-18(21(25(30)32-4)22(20)19-11-8-12-33-19)13-17(24(28)27)23(29)16-9-6-5-7-10-16/h5-14H,27H2,1-4H3. The van der Waals surface area contributed by atoms with E-state index in [1.165, 1.54) is 23.8 Å². The molecule has 0 aliphatic rings. The molecule has 0 unspecified atom stereocenters. The second-order valence-electron chi connectivity index (χ2n) is 7.99. The number of carbonyl (C=O) groups is 3. The van der Waals surface area contributed by atoms with Gasteiger partial charge in [-0.25, -0.2) is 9.59 Å². The van der Waals surface area contributed by atoms with E-state index in [0.717, 1.165) is 0 Å². The van der Waals surface area contributed by atoms with Crippen LogP contribution in [0.4, 0.5) is 5.82 Å². The number of aromatic nitrogens is 1. The lowest BCUT2D eigenvalue weighted by molar-refractivity contribution is 0.0377. The van der Waals surface area contributed by atoms with Gasteiger partial charge in [0.2, 0.25) is 0 Å². The first-order valence-corrected chi connectivity index (χ1v) is 10.7. The molecule has 1 aromatic carbocycles. The number of ketones is 1. The van der Waals surface area contributed by atoms with Gasteiger partial charge in [0.05, 0.1) is 47.2 Å². The Labute approximate surface area is 195 Å². The van der Waals surface area contributed by atoms with Crippen LogP contribution in [0.2, 0.25) is 0 Å². The maximum Gasteiger partial charge on any atom is 0.340 e. The molecular formula is C26H24N2O6. The first-order chi connectivity index (χ1) is 16.3. The SMILES string of the molecule is COC(=O)c1c(-c2ccco2)c(C(=O)OC(C)C)c(C)n2c(N)c(C(=O)c3ccccc3)cc12. The number of hydrogen-bond acceptors (Lipinski definition) is 7.